The van der Waals surface area contributed by atoms with Crippen molar-refractivity contribution in [2.75, 3.05) is 13.2 Å². The molecule has 1 fully saturated rings. The molecule has 0 bridgehead atoms. The third-order valence-electron chi connectivity index (χ3n) is 16.0. The molecule has 0 aromatic carbocycles. The third kappa shape index (κ3) is 48.2. The van der Waals surface area contributed by atoms with Gasteiger partial charge in [-0.05, 0) is 103 Å². The Morgan fingerprint density at radius 3 is 1.29 bits per heavy atom. The first-order valence-corrected chi connectivity index (χ1v) is 35.0. The Balaban J connectivity index is 2.61. The molecule has 8 atom stereocenters. The van der Waals surface area contributed by atoms with Crippen molar-refractivity contribution in [2.45, 2.75) is 346 Å². The molecule has 1 aliphatic rings. The second-order valence-electron chi connectivity index (χ2n) is 23.9. The molecule has 0 aromatic rings. The molecule has 490 valence electrons. The standard InChI is InChI=1S/C74H129NO10/c1-4-7-10-13-16-19-22-25-27-29-31-32-33-34-35-36-37-39-41-44-47-50-53-56-59-62-69(79)85-72-71(81)70(80)68(63-76)84-74(72)83-64-65(66(77)60-57-54-51-48-45-42-24-21-18-15-12-9-6-3)75-73(82)67(78)61-58-55-52-49-46-43-40-38-30-28-26-23-20-17-14-11-8-5-2/h8,11,16-17,19-20,25-28,38,40,46,49,57,60,65-68,70-72,74,76-78,80-81H,4-7,9-10,12-15,18,21-24,29-37,39,41-45,47-48,50-56,58-59,61-64H2,1-3H3,(H,75,82)/b11-8-,19-16-,20-17-,27-25-,28-26-,40-38-,49-46-,60-57+. The summed E-state index contributed by atoms with van der Waals surface area (Å²) in [5.41, 5.74) is 0. The van der Waals surface area contributed by atoms with Crippen molar-refractivity contribution in [3.63, 3.8) is 0 Å². The van der Waals surface area contributed by atoms with E-state index in [1.165, 1.54) is 161 Å². The van der Waals surface area contributed by atoms with Gasteiger partial charge in [0, 0.05) is 6.42 Å². The fourth-order valence-corrected chi connectivity index (χ4v) is 10.5. The van der Waals surface area contributed by atoms with Crippen molar-refractivity contribution >= 4 is 11.9 Å². The molecule has 11 heteroatoms. The Hall–Kier alpha value is -3.42. The summed E-state index contributed by atoms with van der Waals surface area (Å²) in [6.45, 7) is 5.66. The molecule has 0 aromatic heterocycles. The summed E-state index contributed by atoms with van der Waals surface area (Å²) >= 11 is 0. The lowest BCUT2D eigenvalue weighted by atomic mass is 9.99. The van der Waals surface area contributed by atoms with Crippen molar-refractivity contribution in [3.05, 3.63) is 97.2 Å². The number of amides is 1. The van der Waals surface area contributed by atoms with E-state index in [4.69, 9.17) is 14.2 Å². The van der Waals surface area contributed by atoms with E-state index in [2.05, 4.69) is 111 Å². The molecule has 0 aliphatic carbocycles. The van der Waals surface area contributed by atoms with Crippen LogP contribution < -0.4 is 5.32 Å². The second-order valence-corrected chi connectivity index (χ2v) is 23.9. The van der Waals surface area contributed by atoms with E-state index in [-0.39, 0.29) is 19.4 Å². The lowest BCUT2D eigenvalue weighted by Gasteiger charge is -2.41. The predicted molar refractivity (Wildman–Crippen MR) is 356 cm³/mol. The number of rotatable bonds is 59. The highest BCUT2D eigenvalue weighted by Crippen LogP contribution is 2.26. The van der Waals surface area contributed by atoms with Crippen LogP contribution in [0.15, 0.2) is 97.2 Å². The van der Waals surface area contributed by atoms with Gasteiger partial charge in [0.05, 0.1) is 25.4 Å². The maximum atomic E-state index is 13.5. The summed E-state index contributed by atoms with van der Waals surface area (Å²) in [6, 6.07) is -1.05. The first-order chi connectivity index (χ1) is 41.7. The number of allylic oxidation sites excluding steroid dienone is 15. The summed E-state index contributed by atoms with van der Waals surface area (Å²) < 4.78 is 17.7. The highest BCUT2D eigenvalue weighted by atomic mass is 16.7. The number of hydrogen-bond donors (Lipinski definition) is 6. The molecule has 1 amide bonds. The maximum Gasteiger partial charge on any atom is 0.306 e. The molecule has 85 heavy (non-hydrogen) atoms. The van der Waals surface area contributed by atoms with Crippen molar-refractivity contribution < 1.29 is 49.3 Å². The maximum absolute atomic E-state index is 13.5. The summed E-state index contributed by atoms with van der Waals surface area (Å²) in [6.07, 6.45) is 71.6. The highest BCUT2D eigenvalue weighted by molar-refractivity contribution is 5.80. The van der Waals surface area contributed by atoms with Crippen LogP contribution in [-0.2, 0) is 23.8 Å². The van der Waals surface area contributed by atoms with E-state index in [0.717, 1.165) is 89.9 Å². The minimum Gasteiger partial charge on any atom is -0.454 e. The van der Waals surface area contributed by atoms with Crippen LogP contribution in [0.5, 0.6) is 0 Å². The van der Waals surface area contributed by atoms with Crippen LogP contribution in [0.2, 0.25) is 0 Å². The van der Waals surface area contributed by atoms with Gasteiger partial charge in [-0.15, -0.1) is 0 Å². The fourth-order valence-electron chi connectivity index (χ4n) is 10.5. The smallest absolute Gasteiger partial charge is 0.306 e. The normalized spacial score (nSPS) is 19.0. The van der Waals surface area contributed by atoms with Crippen LogP contribution in [0.1, 0.15) is 297 Å². The van der Waals surface area contributed by atoms with E-state index in [0.29, 0.717) is 12.8 Å². The minimum atomic E-state index is -1.62. The van der Waals surface area contributed by atoms with Crippen molar-refractivity contribution in [3.8, 4) is 0 Å². The van der Waals surface area contributed by atoms with Gasteiger partial charge in [0.1, 0.15) is 24.4 Å². The average Bonchev–Trinajstić information content (AvgIpc) is 3.21. The highest BCUT2D eigenvalue weighted by Gasteiger charge is 2.47. The fraction of sp³-hybridized carbons (Fsp3) is 0.757. The number of nitrogens with one attached hydrogen (secondary N) is 1. The molecule has 6 N–H and O–H groups in total. The molecule has 8 unspecified atom stereocenters. The SMILES string of the molecule is CC/C=C\C/C=C\C/C=C\C/C=C\C/C=C\CCCCC(O)C(=O)NC(COC1OC(CO)C(O)C(O)C1OC(=O)CCCCCCCCCCCCCCCCC/C=C\C/C=C\CCCCC)C(O)/C=C/CCCCCCCCCCCCC. The van der Waals surface area contributed by atoms with Crippen molar-refractivity contribution in [1.82, 2.24) is 5.32 Å². The van der Waals surface area contributed by atoms with Crippen LogP contribution in [0.25, 0.3) is 0 Å². The number of carbonyl (C=O) groups is 2. The minimum absolute atomic E-state index is 0.116. The summed E-state index contributed by atoms with van der Waals surface area (Å²) in [4.78, 5) is 26.7. The molecule has 1 saturated heterocycles. The molecule has 0 saturated carbocycles. The van der Waals surface area contributed by atoms with Crippen molar-refractivity contribution in [2.24, 2.45) is 0 Å². The van der Waals surface area contributed by atoms with Crippen LogP contribution in [0.4, 0.5) is 0 Å². The van der Waals surface area contributed by atoms with Gasteiger partial charge in [-0.1, -0.05) is 285 Å². The zero-order valence-corrected chi connectivity index (χ0v) is 54.5. The largest absolute Gasteiger partial charge is 0.454 e. The molecule has 0 radical (unpaired) electrons. The Morgan fingerprint density at radius 2 is 0.847 bits per heavy atom. The Kier molecular flexibility index (Phi) is 57.0. The van der Waals surface area contributed by atoms with Crippen LogP contribution in [0, 0.1) is 0 Å². The van der Waals surface area contributed by atoms with Crippen LogP contribution >= 0.6 is 0 Å². The Labute approximate surface area is 520 Å². The lowest BCUT2D eigenvalue weighted by Crippen LogP contribution is -2.61. The van der Waals surface area contributed by atoms with Gasteiger partial charge in [-0.3, -0.25) is 9.59 Å². The number of carbonyl (C=O) groups excluding carboxylic acids is 2. The van der Waals surface area contributed by atoms with E-state index < -0.39 is 67.4 Å². The van der Waals surface area contributed by atoms with Gasteiger partial charge in [-0.2, -0.15) is 0 Å². The van der Waals surface area contributed by atoms with Gasteiger partial charge in [-0.25, -0.2) is 0 Å². The molecule has 1 aliphatic heterocycles. The number of esters is 1. The number of unbranched alkanes of at least 4 members (excludes halogenated alkanes) is 31. The van der Waals surface area contributed by atoms with E-state index >= 15 is 0 Å². The van der Waals surface area contributed by atoms with Gasteiger partial charge < -0.3 is 45.1 Å². The number of ether oxygens (including phenoxy) is 3. The predicted octanol–water partition coefficient (Wildman–Crippen LogP) is 17.8. The lowest BCUT2D eigenvalue weighted by molar-refractivity contribution is -0.305. The van der Waals surface area contributed by atoms with Gasteiger partial charge >= 0.3 is 5.97 Å². The molecule has 0 spiro atoms. The first kappa shape index (κ1) is 79.6. The third-order valence-corrected chi connectivity index (χ3v) is 16.0. The van der Waals surface area contributed by atoms with E-state index in [1.54, 1.807) is 6.08 Å². The van der Waals surface area contributed by atoms with Crippen molar-refractivity contribution in [1.29, 1.82) is 0 Å². The van der Waals surface area contributed by atoms with Crippen LogP contribution in [-0.4, -0.2) is 99.6 Å². The monoisotopic (exact) mass is 1190 g/mol. The summed E-state index contributed by atoms with van der Waals surface area (Å²) in [5.74, 6) is -1.23. The molecule has 1 rings (SSSR count). The van der Waals surface area contributed by atoms with Gasteiger partial charge in [0.2, 0.25) is 5.91 Å². The zero-order valence-electron chi connectivity index (χ0n) is 54.5. The molecular weight excluding hydrogens is 1060 g/mol. The second kappa shape index (κ2) is 60.8. The number of aliphatic hydroxyl groups excluding tert-OH is 5. The molecule has 11 nitrogen and oxygen atoms in total. The quantitative estimate of drug-likeness (QED) is 0.0195. The van der Waals surface area contributed by atoms with Gasteiger partial charge in [0.15, 0.2) is 12.4 Å². The average molecular weight is 1190 g/mol. The van der Waals surface area contributed by atoms with E-state index in [9.17, 15) is 35.1 Å². The first-order valence-electron chi connectivity index (χ1n) is 35.0. The Bertz CT molecular complexity index is 1750. The molecule has 1 heterocycles. The molecular formula is C74H129NO10. The topological polar surface area (TPSA) is 175 Å². The summed E-state index contributed by atoms with van der Waals surface area (Å²) in [5, 5.41) is 57.2. The van der Waals surface area contributed by atoms with Crippen LogP contribution in [0.3, 0.4) is 0 Å². The zero-order chi connectivity index (χ0) is 61.7. The Morgan fingerprint density at radius 1 is 0.471 bits per heavy atom. The van der Waals surface area contributed by atoms with Gasteiger partial charge in [0.25, 0.3) is 0 Å². The summed E-state index contributed by atoms with van der Waals surface area (Å²) in [7, 11) is 0. The van der Waals surface area contributed by atoms with E-state index in [1.807, 2.05) is 6.08 Å². The number of aliphatic hydroxyl groups is 5. The number of hydrogen-bond acceptors (Lipinski definition) is 10.